The lowest BCUT2D eigenvalue weighted by molar-refractivity contribution is -0.145. The summed E-state index contributed by atoms with van der Waals surface area (Å²) in [5, 5.41) is 2.83. The van der Waals surface area contributed by atoms with E-state index in [4.69, 9.17) is 4.74 Å². The molecular weight excluding hydrogens is 330 g/mol. The Morgan fingerprint density at radius 1 is 1.27 bits per heavy atom. The highest BCUT2D eigenvalue weighted by Crippen LogP contribution is 2.36. The zero-order valence-electron chi connectivity index (χ0n) is 15.3. The molecule has 1 aliphatic rings. The summed E-state index contributed by atoms with van der Waals surface area (Å²) in [7, 11) is 0. The topological polar surface area (TPSA) is 71.5 Å². The van der Waals surface area contributed by atoms with Crippen molar-refractivity contribution in [1.29, 1.82) is 0 Å². The van der Waals surface area contributed by atoms with E-state index in [-0.39, 0.29) is 0 Å². The van der Waals surface area contributed by atoms with Crippen LogP contribution >= 0.6 is 0 Å². The Kier molecular flexibility index (Phi) is 4.93. The third kappa shape index (κ3) is 3.14. The Morgan fingerprint density at radius 2 is 2.04 bits per heavy atom. The fourth-order valence-corrected chi connectivity index (χ4v) is 2.90. The fraction of sp³-hybridized carbons (Fsp3) is 0.350. The largest absolute Gasteiger partial charge is 0.464 e. The van der Waals surface area contributed by atoms with Gasteiger partial charge in [0.2, 0.25) is 0 Å². The Bertz CT molecular complexity index is 837. The quantitative estimate of drug-likeness (QED) is 0.837. The number of hydrogen-bond acceptors (Lipinski definition) is 4. The van der Waals surface area contributed by atoms with E-state index >= 15 is 0 Å². The highest BCUT2D eigenvalue weighted by molar-refractivity contribution is 6.19. The number of benzene rings is 1. The number of amides is 2. The Balaban J connectivity index is 1.94. The number of aromatic nitrogens is 1. The van der Waals surface area contributed by atoms with Crippen molar-refractivity contribution >= 4 is 23.3 Å². The van der Waals surface area contributed by atoms with E-state index in [1.54, 1.807) is 29.3 Å². The average molecular weight is 353 g/mol. The van der Waals surface area contributed by atoms with Crippen LogP contribution in [0.5, 0.6) is 5.75 Å². The number of unbranched alkanes of at least 4 members (excludes halogenated alkanes) is 1. The van der Waals surface area contributed by atoms with Crippen LogP contribution in [0.4, 0.5) is 11.5 Å². The molecule has 1 aliphatic heterocycles. The molecular formula is C20H23N3O3. The van der Waals surface area contributed by atoms with Crippen LogP contribution in [-0.4, -0.2) is 28.9 Å². The molecule has 0 spiro atoms. The van der Waals surface area contributed by atoms with Gasteiger partial charge in [-0.2, -0.15) is 0 Å². The lowest BCUT2D eigenvalue weighted by Gasteiger charge is -2.38. The predicted molar refractivity (Wildman–Crippen MR) is 100 cm³/mol. The molecule has 1 N–H and O–H groups in total. The maximum atomic E-state index is 13.1. The molecule has 1 aromatic heterocycles. The molecule has 1 atom stereocenters. The first-order chi connectivity index (χ1) is 12.5. The maximum Gasteiger partial charge on any atom is 0.282 e. The second-order valence-electron chi connectivity index (χ2n) is 6.54. The van der Waals surface area contributed by atoms with Gasteiger partial charge in [-0.25, -0.2) is 4.98 Å². The van der Waals surface area contributed by atoms with Gasteiger partial charge in [-0.3, -0.25) is 14.5 Å². The molecule has 0 saturated carbocycles. The molecule has 6 heteroatoms. The molecule has 2 heterocycles. The third-order valence-electron chi connectivity index (χ3n) is 4.54. The lowest BCUT2D eigenvalue weighted by atomic mass is 10.00. The van der Waals surface area contributed by atoms with E-state index in [0.29, 0.717) is 23.8 Å². The van der Waals surface area contributed by atoms with Crippen LogP contribution < -0.4 is 15.0 Å². The van der Waals surface area contributed by atoms with Gasteiger partial charge in [-0.15, -0.1) is 0 Å². The van der Waals surface area contributed by atoms with Crippen LogP contribution in [0.25, 0.3) is 0 Å². The highest BCUT2D eigenvalue weighted by atomic mass is 16.5. The number of aryl methyl sites for hydroxylation is 1. The van der Waals surface area contributed by atoms with Crippen molar-refractivity contribution in [3.8, 4) is 5.75 Å². The number of anilines is 2. The number of hydrogen-bond donors (Lipinski definition) is 1. The summed E-state index contributed by atoms with van der Waals surface area (Å²) in [5.41, 5.74) is -0.0729. The SMILES string of the molecule is CCCCN1C(=O)[C@](C)(C(=O)Nc2ccccc2C)Oc2cccnc21. The molecule has 26 heavy (non-hydrogen) atoms. The van der Waals surface area contributed by atoms with Crippen molar-refractivity contribution in [1.82, 2.24) is 4.98 Å². The first-order valence-corrected chi connectivity index (χ1v) is 8.80. The van der Waals surface area contributed by atoms with E-state index < -0.39 is 17.4 Å². The van der Waals surface area contributed by atoms with E-state index in [2.05, 4.69) is 10.3 Å². The van der Waals surface area contributed by atoms with Gasteiger partial charge in [0.15, 0.2) is 11.6 Å². The zero-order valence-corrected chi connectivity index (χ0v) is 15.3. The molecule has 0 saturated heterocycles. The van der Waals surface area contributed by atoms with Crippen LogP contribution in [-0.2, 0) is 9.59 Å². The number of para-hydroxylation sites is 1. The summed E-state index contributed by atoms with van der Waals surface area (Å²) >= 11 is 0. The summed E-state index contributed by atoms with van der Waals surface area (Å²) in [5.74, 6) is 0.00814. The van der Waals surface area contributed by atoms with Gasteiger partial charge in [0.1, 0.15) is 0 Å². The van der Waals surface area contributed by atoms with Crippen molar-refractivity contribution in [2.45, 2.75) is 39.2 Å². The molecule has 136 valence electrons. The van der Waals surface area contributed by atoms with Crippen molar-refractivity contribution < 1.29 is 14.3 Å². The number of fused-ring (bicyclic) bond motifs is 1. The van der Waals surface area contributed by atoms with Gasteiger partial charge in [-0.1, -0.05) is 31.5 Å². The van der Waals surface area contributed by atoms with E-state index in [1.807, 2.05) is 32.0 Å². The number of pyridine rings is 1. The van der Waals surface area contributed by atoms with Crippen molar-refractivity contribution in [2.24, 2.45) is 0 Å². The molecule has 0 radical (unpaired) electrons. The van der Waals surface area contributed by atoms with Crippen molar-refractivity contribution in [3.63, 3.8) is 0 Å². The average Bonchev–Trinajstić information content (AvgIpc) is 2.64. The first-order valence-electron chi connectivity index (χ1n) is 8.80. The van der Waals surface area contributed by atoms with Crippen molar-refractivity contribution in [2.75, 3.05) is 16.8 Å². The monoisotopic (exact) mass is 353 g/mol. The van der Waals surface area contributed by atoms with E-state index in [1.165, 1.54) is 6.92 Å². The number of ether oxygens (including phenoxy) is 1. The van der Waals surface area contributed by atoms with Crippen molar-refractivity contribution in [3.05, 3.63) is 48.2 Å². The van der Waals surface area contributed by atoms with Crippen LogP contribution in [0.3, 0.4) is 0 Å². The van der Waals surface area contributed by atoms with E-state index in [9.17, 15) is 9.59 Å². The summed E-state index contributed by atoms with van der Waals surface area (Å²) in [6.07, 6.45) is 3.36. The Hall–Kier alpha value is -2.89. The lowest BCUT2D eigenvalue weighted by Crippen LogP contribution is -2.61. The molecule has 0 unspecified atom stereocenters. The highest BCUT2D eigenvalue weighted by Gasteiger charge is 2.51. The molecule has 3 rings (SSSR count). The second-order valence-corrected chi connectivity index (χ2v) is 6.54. The second kappa shape index (κ2) is 7.15. The fourth-order valence-electron chi connectivity index (χ4n) is 2.90. The molecule has 0 fully saturated rings. The number of nitrogens with one attached hydrogen (secondary N) is 1. The van der Waals surface area contributed by atoms with Crippen LogP contribution in [0.15, 0.2) is 42.6 Å². The van der Waals surface area contributed by atoms with Crippen LogP contribution in [0, 0.1) is 6.92 Å². The van der Waals surface area contributed by atoms with Gasteiger partial charge < -0.3 is 10.1 Å². The minimum Gasteiger partial charge on any atom is -0.464 e. The summed E-state index contributed by atoms with van der Waals surface area (Å²) in [6.45, 7) is 5.95. The molecule has 6 nitrogen and oxygen atoms in total. The smallest absolute Gasteiger partial charge is 0.282 e. The number of rotatable bonds is 5. The maximum absolute atomic E-state index is 13.1. The minimum atomic E-state index is -1.65. The molecule has 2 amide bonds. The number of carbonyl (C=O) groups is 2. The Labute approximate surface area is 153 Å². The molecule has 2 aromatic rings. The van der Waals surface area contributed by atoms with E-state index in [0.717, 1.165) is 18.4 Å². The summed E-state index contributed by atoms with van der Waals surface area (Å²) in [6, 6.07) is 10.9. The van der Waals surface area contributed by atoms with Crippen LogP contribution in [0.2, 0.25) is 0 Å². The normalized spacial score (nSPS) is 18.9. The molecule has 1 aromatic carbocycles. The summed E-state index contributed by atoms with van der Waals surface area (Å²) in [4.78, 5) is 31.9. The zero-order chi connectivity index (χ0) is 18.7. The van der Waals surface area contributed by atoms with Gasteiger partial charge in [-0.05, 0) is 44.0 Å². The van der Waals surface area contributed by atoms with Gasteiger partial charge >= 0.3 is 0 Å². The van der Waals surface area contributed by atoms with Gasteiger partial charge in [0, 0.05) is 18.4 Å². The van der Waals surface area contributed by atoms with Crippen LogP contribution in [0.1, 0.15) is 32.3 Å². The summed E-state index contributed by atoms with van der Waals surface area (Å²) < 4.78 is 5.85. The predicted octanol–water partition coefficient (Wildman–Crippen LogP) is 3.31. The molecule has 0 bridgehead atoms. The standard InChI is InChI=1S/C20H23N3O3/c1-4-5-13-23-17-16(11-8-12-21-17)26-20(3,19(23)25)18(24)22-15-10-7-6-9-14(15)2/h6-12H,4-5,13H2,1-3H3,(H,22,24)/t20-/m0/s1. The number of nitrogens with zero attached hydrogens (tertiary/aromatic N) is 2. The number of carbonyl (C=O) groups excluding carboxylic acids is 2. The first kappa shape index (κ1) is 17.9. The third-order valence-corrected chi connectivity index (χ3v) is 4.54. The Morgan fingerprint density at radius 3 is 2.77 bits per heavy atom. The molecule has 0 aliphatic carbocycles. The van der Waals surface area contributed by atoms with Gasteiger partial charge in [0.05, 0.1) is 0 Å². The minimum absolute atomic E-state index is 0.400. The van der Waals surface area contributed by atoms with Gasteiger partial charge in [0.25, 0.3) is 17.4 Å².